The molecule has 2 N–H and O–H groups in total. The van der Waals surface area contributed by atoms with Gasteiger partial charge in [-0.2, -0.15) is 5.26 Å². The van der Waals surface area contributed by atoms with Crippen molar-refractivity contribution >= 4 is 11.5 Å². The summed E-state index contributed by atoms with van der Waals surface area (Å²) in [6.07, 6.45) is 0.975. The summed E-state index contributed by atoms with van der Waals surface area (Å²) in [5, 5.41) is 31.7. The number of nitriles is 1. The summed E-state index contributed by atoms with van der Waals surface area (Å²) >= 11 is 0. The highest BCUT2D eigenvalue weighted by Crippen LogP contribution is 2.22. The molecule has 19 heavy (non-hydrogen) atoms. The molecule has 1 atom stereocenters. The van der Waals surface area contributed by atoms with Crippen molar-refractivity contribution in [3.63, 3.8) is 0 Å². The number of nitro groups is 1. The molecule has 1 aromatic rings. The van der Waals surface area contributed by atoms with Crippen LogP contribution in [0.2, 0.25) is 0 Å². The van der Waals surface area contributed by atoms with Crippen molar-refractivity contribution in [3.05, 3.63) is 27.9 Å². The molecule has 1 aromatic heterocycles. The van der Waals surface area contributed by atoms with Gasteiger partial charge in [0.15, 0.2) is 0 Å². The number of methoxy groups -OCH3 is 1. The van der Waals surface area contributed by atoms with Crippen LogP contribution in [-0.4, -0.2) is 41.4 Å². The predicted molar refractivity (Wildman–Crippen MR) is 66.6 cm³/mol. The number of ether oxygens (including phenoxy) is 1. The highest BCUT2D eigenvalue weighted by atomic mass is 16.6. The third-order valence-corrected chi connectivity index (χ3v) is 2.32. The van der Waals surface area contributed by atoms with E-state index >= 15 is 0 Å². The van der Waals surface area contributed by atoms with Crippen molar-refractivity contribution in [2.24, 2.45) is 0 Å². The number of aliphatic hydroxyl groups is 1. The van der Waals surface area contributed by atoms with Gasteiger partial charge in [-0.1, -0.05) is 0 Å². The van der Waals surface area contributed by atoms with E-state index in [0.717, 1.165) is 6.07 Å². The number of nitrogens with zero attached hydrogens (tertiary/aromatic N) is 3. The summed E-state index contributed by atoms with van der Waals surface area (Å²) in [5.74, 6) is 0.0774. The minimum absolute atomic E-state index is 0.0774. The molecule has 0 amide bonds. The second-order valence-electron chi connectivity index (χ2n) is 3.79. The highest BCUT2D eigenvalue weighted by Gasteiger charge is 2.16. The van der Waals surface area contributed by atoms with E-state index in [1.165, 1.54) is 13.3 Å². The van der Waals surface area contributed by atoms with Crippen LogP contribution in [0.5, 0.6) is 0 Å². The zero-order valence-corrected chi connectivity index (χ0v) is 10.4. The summed E-state index contributed by atoms with van der Waals surface area (Å²) in [4.78, 5) is 14.1. The van der Waals surface area contributed by atoms with Crippen LogP contribution in [0, 0.1) is 21.4 Å². The fraction of sp³-hybridized carbons (Fsp3) is 0.455. The summed E-state index contributed by atoms with van der Waals surface area (Å²) in [5.41, 5.74) is -0.142. The summed E-state index contributed by atoms with van der Waals surface area (Å²) in [6, 6.07) is 2.94. The van der Waals surface area contributed by atoms with Crippen LogP contribution in [0.1, 0.15) is 12.0 Å². The molecule has 0 spiro atoms. The standard InChI is InChI=1S/C11H14N4O4/c1-19-7-9(16)2-3-13-11-10(15(17)18)4-8(5-12)6-14-11/h4,6,9,16H,2-3,7H2,1H3,(H,13,14). The Hall–Kier alpha value is -2.24. The van der Waals surface area contributed by atoms with E-state index in [9.17, 15) is 15.2 Å². The van der Waals surface area contributed by atoms with Crippen molar-refractivity contribution in [3.8, 4) is 6.07 Å². The van der Waals surface area contributed by atoms with Gasteiger partial charge in [0.2, 0.25) is 5.82 Å². The minimum Gasteiger partial charge on any atom is -0.391 e. The molecule has 0 radical (unpaired) electrons. The average Bonchev–Trinajstić information content (AvgIpc) is 2.39. The van der Waals surface area contributed by atoms with E-state index in [4.69, 9.17) is 10.00 Å². The first-order valence-electron chi connectivity index (χ1n) is 5.54. The average molecular weight is 266 g/mol. The number of hydrogen-bond donors (Lipinski definition) is 2. The maximum atomic E-state index is 10.8. The van der Waals surface area contributed by atoms with Gasteiger partial charge in [-0.25, -0.2) is 4.98 Å². The van der Waals surface area contributed by atoms with Gasteiger partial charge >= 0.3 is 5.69 Å². The molecule has 8 heteroatoms. The first-order chi connectivity index (χ1) is 9.08. The van der Waals surface area contributed by atoms with Gasteiger partial charge in [0.05, 0.1) is 23.2 Å². The minimum atomic E-state index is -0.644. The fourth-order valence-corrected chi connectivity index (χ4v) is 1.42. The van der Waals surface area contributed by atoms with E-state index in [1.807, 2.05) is 0 Å². The highest BCUT2D eigenvalue weighted by molar-refractivity contribution is 5.58. The van der Waals surface area contributed by atoms with Gasteiger partial charge in [-0.05, 0) is 6.42 Å². The summed E-state index contributed by atoms with van der Waals surface area (Å²) < 4.78 is 4.76. The molecule has 0 bridgehead atoms. The first kappa shape index (κ1) is 14.8. The van der Waals surface area contributed by atoms with Crippen LogP contribution in [0.25, 0.3) is 0 Å². The number of aliphatic hydroxyl groups excluding tert-OH is 1. The first-order valence-corrected chi connectivity index (χ1v) is 5.54. The van der Waals surface area contributed by atoms with Crippen LogP contribution in [-0.2, 0) is 4.74 Å². The maximum absolute atomic E-state index is 10.8. The molecule has 1 unspecified atom stereocenters. The Morgan fingerprint density at radius 1 is 1.74 bits per heavy atom. The summed E-state index contributed by atoms with van der Waals surface area (Å²) in [6.45, 7) is 0.509. The lowest BCUT2D eigenvalue weighted by atomic mass is 10.2. The normalized spacial score (nSPS) is 11.6. The van der Waals surface area contributed by atoms with Crippen molar-refractivity contribution in [1.29, 1.82) is 5.26 Å². The van der Waals surface area contributed by atoms with Crippen LogP contribution < -0.4 is 5.32 Å². The van der Waals surface area contributed by atoms with E-state index in [1.54, 1.807) is 6.07 Å². The van der Waals surface area contributed by atoms with Crippen LogP contribution >= 0.6 is 0 Å². The monoisotopic (exact) mass is 266 g/mol. The van der Waals surface area contributed by atoms with Gasteiger partial charge in [0.1, 0.15) is 6.07 Å². The van der Waals surface area contributed by atoms with Crippen molar-refractivity contribution in [1.82, 2.24) is 4.98 Å². The number of aromatic nitrogens is 1. The van der Waals surface area contributed by atoms with Gasteiger partial charge in [0.25, 0.3) is 0 Å². The lowest BCUT2D eigenvalue weighted by molar-refractivity contribution is -0.384. The molecular formula is C11H14N4O4. The van der Waals surface area contributed by atoms with Gasteiger partial charge in [0, 0.05) is 25.9 Å². The van der Waals surface area contributed by atoms with Gasteiger partial charge < -0.3 is 15.2 Å². The van der Waals surface area contributed by atoms with E-state index < -0.39 is 11.0 Å². The van der Waals surface area contributed by atoms with Crippen LogP contribution in [0.15, 0.2) is 12.3 Å². The largest absolute Gasteiger partial charge is 0.391 e. The third kappa shape index (κ3) is 4.50. The van der Waals surface area contributed by atoms with Crippen molar-refractivity contribution in [2.75, 3.05) is 25.6 Å². The Labute approximate surface area is 109 Å². The van der Waals surface area contributed by atoms with Gasteiger partial charge in [-0.3, -0.25) is 10.1 Å². The van der Waals surface area contributed by atoms with E-state index in [-0.39, 0.29) is 23.7 Å². The smallest absolute Gasteiger partial charge is 0.312 e. The molecule has 0 aliphatic rings. The Morgan fingerprint density at radius 3 is 3.05 bits per heavy atom. The predicted octanol–water partition coefficient (Wildman–Crippen LogP) is 0.671. The molecule has 0 saturated carbocycles. The van der Waals surface area contributed by atoms with Crippen molar-refractivity contribution in [2.45, 2.75) is 12.5 Å². The second-order valence-corrected chi connectivity index (χ2v) is 3.79. The fourth-order valence-electron chi connectivity index (χ4n) is 1.42. The van der Waals surface area contributed by atoms with Crippen LogP contribution in [0.3, 0.4) is 0 Å². The number of nitrogens with one attached hydrogen (secondary N) is 1. The molecule has 102 valence electrons. The molecule has 0 fully saturated rings. The number of pyridine rings is 1. The molecular weight excluding hydrogens is 252 g/mol. The molecule has 1 rings (SSSR count). The third-order valence-electron chi connectivity index (χ3n) is 2.32. The zero-order chi connectivity index (χ0) is 14.3. The maximum Gasteiger partial charge on any atom is 0.312 e. The Balaban J connectivity index is 2.68. The molecule has 0 aliphatic carbocycles. The molecule has 0 aliphatic heterocycles. The molecule has 8 nitrogen and oxygen atoms in total. The summed E-state index contributed by atoms with van der Waals surface area (Å²) in [7, 11) is 1.48. The van der Waals surface area contributed by atoms with Crippen LogP contribution in [0.4, 0.5) is 11.5 Å². The van der Waals surface area contributed by atoms with E-state index in [0.29, 0.717) is 13.0 Å². The van der Waals surface area contributed by atoms with Gasteiger partial charge in [-0.15, -0.1) is 0 Å². The quantitative estimate of drug-likeness (QED) is 0.549. The number of rotatable bonds is 7. The molecule has 1 heterocycles. The SMILES string of the molecule is COCC(O)CCNc1ncc(C#N)cc1[N+](=O)[O-]. The van der Waals surface area contributed by atoms with E-state index in [2.05, 4.69) is 10.3 Å². The Bertz CT molecular complexity index is 486. The molecule has 0 aromatic carbocycles. The topological polar surface area (TPSA) is 121 Å². The zero-order valence-electron chi connectivity index (χ0n) is 10.4. The second kappa shape index (κ2) is 7.25. The molecule has 0 saturated heterocycles. The lowest BCUT2D eigenvalue weighted by Gasteiger charge is -2.10. The number of hydrogen-bond acceptors (Lipinski definition) is 7. The Kier molecular flexibility index (Phi) is 5.66. The lowest BCUT2D eigenvalue weighted by Crippen LogP contribution is -2.19. The van der Waals surface area contributed by atoms with Crippen molar-refractivity contribution < 1.29 is 14.8 Å². The number of anilines is 1. The Morgan fingerprint density at radius 2 is 2.47 bits per heavy atom.